The van der Waals surface area contributed by atoms with Crippen LogP contribution in [0.5, 0.6) is 0 Å². The third-order valence-corrected chi connectivity index (χ3v) is 2.08. The minimum Gasteiger partial charge on any atom is -0.382 e. The molecule has 62 valence electrons. The summed E-state index contributed by atoms with van der Waals surface area (Å²) in [6, 6.07) is 3.32. The Labute approximate surface area is 69.4 Å². The predicted octanol–water partition coefficient (Wildman–Crippen LogP) is 1.61. The van der Waals surface area contributed by atoms with E-state index in [4.69, 9.17) is 0 Å². The first kappa shape index (κ1) is 7.28. The van der Waals surface area contributed by atoms with Gasteiger partial charge in [0, 0.05) is 6.54 Å². The van der Waals surface area contributed by atoms with E-state index in [0.29, 0.717) is 12.0 Å². The normalized spacial score (nSPS) is 13.8. The van der Waals surface area contributed by atoms with E-state index >= 15 is 0 Å². The minimum absolute atomic E-state index is 0.128. The molecule has 3 heteroatoms. The van der Waals surface area contributed by atoms with E-state index in [1.807, 2.05) is 0 Å². The Morgan fingerprint density at radius 2 is 2.33 bits per heavy atom. The van der Waals surface area contributed by atoms with Gasteiger partial charge in [0.15, 0.2) is 12.1 Å². The number of aldehydes is 1. The van der Waals surface area contributed by atoms with Gasteiger partial charge < -0.3 is 5.32 Å². The highest BCUT2D eigenvalue weighted by Gasteiger charge is 2.16. The summed E-state index contributed by atoms with van der Waals surface area (Å²) in [5.41, 5.74) is 1.58. The summed E-state index contributed by atoms with van der Waals surface area (Å²) in [6.45, 7) is 0.758. The molecule has 0 bridgehead atoms. The smallest absolute Gasteiger partial charge is 0.157 e. The number of fused-ring (bicyclic) bond motifs is 1. The lowest BCUT2D eigenvalue weighted by Crippen LogP contribution is -1.96. The van der Waals surface area contributed by atoms with Gasteiger partial charge in [-0.05, 0) is 18.1 Å². The van der Waals surface area contributed by atoms with Crippen molar-refractivity contribution in [3.8, 4) is 0 Å². The standard InChI is InChI=1S/C9H8FNO/c10-8-7(5-12)2-1-6-3-4-11-9(6)8/h1-2,5,11H,3-4H2. The van der Waals surface area contributed by atoms with E-state index < -0.39 is 5.82 Å². The summed E-state index contributed by atoms with van der Waals surface area (Å²) in [5, 5.41) is 2.91. The summed E-state index contributed by atoms with van der Waals surface area (Å²) in [7, 11) is 0. The number of hydrogen-bond acceptors (Lipinski definition) is 2. The van der Waals surface area contributed by atoms with Crippen molar-refractivity contribution in [3.05, 3.63) is 29.1 Å². The molecule has 0 saturated heterocycles. The van der Waals surface area contributed by atoms with Gasteiger partial charge in [0.2, 0.25) is 0 Å². The van der Waals surface area contributed by atoms with Gasteiger partial charge in [-0.3, -0.25) is 4.79 Å². The van der Waals surface area contributed by atoms with E-state index in [2.05, 4.69) is 5.32 Å². The molecule has 1 heterocycles. The second kappa shape index (κ2) is 2.59. The maximum Gasteiger partial charge on any atom is 0.157 e. The molecule has 0 amide bonds. The summed E-state index contributed by atoms with van der Waals surface area (Å²) in [4.78, 5) is 10.4. The largest absolute Gasteiger partial charge is 0.382 e. The lowest BCUT2D eigenvalue weighted by Gasteiger charge is -2.02. The summed E-state index contributed by atoms with van der Waals surface area (Å²) >= 11 is 0. The molecular formula is C9H8FNO. The van der Waals surface area contributed by atoms with Gasteiger partial charge in [-0.1, -0.05) is 6.07 Å². The molecule has 1 aromatic rings. The molecule has 2 rings (SSSR count). The first-order valence-corrected chi connectivity index (χ1v) is 3.83. The quantitative estimate of drug-likeness (QED) is 0.640. The number of benzene rings is 1. The number of carbonyl (C=O) groups is 1. The summed E-state index contributed by atoms with van der Waals surface area (Å²) in [5.74, 6) is -0.417. The topological polar surface area (TPSA) is 29.1 Å². The second-order valence-corrected chi connectivity index (χ2v) is 2.80. The highest BCUT2D eigenvalue weighted by Crippen LogP contribution is 2.26. The van der Waals surface area contributed by atoms with Crippen LogP contribution in [0.1, 0.15) is 15.9 Å². The first-order valence-electron chi connectivity index (χ1n) is 3.83. The van der Waals surface area contributed by atoms with Gasteiger partial charge in [-0.25, -0.2) is 4.39 Å². The molecule has 0 unspecified atom stereocenters. The second-order valence-electron chi connectivity index (χ2n) is 2.80. The Morgan fingerprint density at radius 1 is 1.50 bits per heavy atom. The summed E-state index contributed by atoms with van der Waals surface area (Å²) in [6.07, 6.45) is 1.38. The Morgan fingerprint density at radius 3 is 3.08 bits per heavy atom. The molecule has 1 aliphatic heterocycles. The fraction of sp³-hybridized carbons (Fsp3) is 0.222. The van der Waals surface area contributed by atoms with Gasteiger partial charge in [0.1, 0.15) is 0 Å². The molecule has 0 atom stereocenters. The number of carbonyl (C=O) groups excluding carboxylic acids is 1. The molecule has 2 nitrogen and oxygen atoms in total. The number of halogens is 1. The van der Waals surface area contributed by atoms with Crippen molar-refractivity contribution in [2.24, 2.45) is 0 Å². The minimum atomic E-state index is -0.417. The maximum absolute atomic E-state index is 13.3. The molecule has 0 aromatic heterocycles. The lowest BCUT2D eigenvalue weighted by atomic mass is 10.1. The molecule has 0 spiro atoms. The van der Waals surface area contributed by atoms with Crippen molar-refractivity contribution in [3.63, 3.8) is 0 Å². The van der Waals surface area contributed by atoms with Crippen LogP contribution in [-0.2, 0) is 6.42 Å². The molecule has 0 radical (unpaired) electrons. The molecule has 1 N–H and O–H groups in total. The average Bonchev–Trinajstić information content (AvgIpc) is 2.53. The molecule has 0 aliphatic carbocycles. The Bertz CT molecular complexity index is 336. The molecule has 12 heavy (non-hydrogen) atoms. The van der Waals surface area contributed by atoms with Crippen LogP contribution in [0.2, 0.25) is 0 Å². The zero-order valence-corrected chi connectivity index (χ0v) is 6.43. The van der Waals surface area contributed by atoms with E-state index in [0.717, 1.165) is 18.5 Å². The highest BCUT2D eigenvalue weighted by atomic mass is 19.1. The van der Waals surface area contributed by atoms with Crippen molar-refractivity contribution < 1.29 is 9.18 Å². The first-order chi connectivity index (χ1) is 5.83. The van der Waals surface area contributed by atoms with Crippen LogP contribution in [-0.4, -0.2) is 12.8 Å². The third kappa shape index (κ3) is 0.897. The van der Waals surface area contributed by atoms with Gasteiger partial charge in [-0.2, -0.15) is 0 Å². The molecular weight excluding hydrogens is 157 g/mol. The van der Waals surface area contributed by atoms with Crippen molar-refractivity contribution in [2.45, 2.75) is 6.42 Å². The number of rotatable bonds is 1. The van der Waals surface area contributed by atoms with E-state index in [9.17, 15) is 9.18 Å². The number of anilines is 1. The molecule has 0 saturated carbocycles. The van der Waals surface area contributed by atoms with Gasteiger partial charge in [0.05, 0.1) is 11.3 Å². The van der Waals surface area contributed by atoms with Crippen LogP contribution in [0.3, 0.4) is 0 Å². The van der Waals surface area contributed by atoms with E-state index in [-0.39, 0.29) is 5.56 Å². The van der Waals surface area contributed by atoms with Crippen LogP contribution in [0.4, 0.5) is 10.1 Å². The van der Waals surface area contributed by atoms with Gasteiger partial charge in [0.25, 0.3) is 0 Å². The monoisotopic (exact) mass is 165 g/mol. The van der Waals surface area contributed by atoms with Crippen LogP contribution < -0.4 is 5.32 Å². The number of hydrogen-bond donors (Lipinski definition) is 1. The van der Waals surface area contributed by atoms with Crippen molar-refractivity contribution in [1.29, 1.82) is 0 Å². The Hall–Kier alpha value is -1.38. The van der Waals surface area contributed by atoms with E-state index in [1.54, 1.807) is 6.07 Å². The fourth-order valence-corrected chi connectivity index (χ4v) is 1.44. The Kier molecular flexibility index (Phi) is 1.57. The van der Waals surface area contributed by atoms with Crippen LogP contribution in [0, 0.1) is 5.82 Å². The maximum atomic E-state index is 13.3. The molecule has 0 fully saturated rings. The fourth-order valence-electron chi connectivity index (χ4n) is 1.44. The molecule has 1 aliphatic rings. The molecule has 1 aromatic carbocycles. The highest BCUT2D eigenvalue weighted by molar-refractivity contribution is 5.79. The van der Waals surface area contributed by atoms with Gasteiger partial charge in [-0.15, -0.1) is 0 Å². The SMILES string of the molecule is O=Cc1ccc2c(c1F)NCC2. The zero-order chi connectivity index (χ0) is 8.55. The van der Waals surface area contributed by atoms with E-state index in [1.165, 1.54) is 6.07 Å². The predicted molar refractivity (Wildman–Crippen MR) is 44.0 cm³/mol. The average molecular weight is 165 g/mol. The van der Waals surface area contributed by atoms with Crippen molar-refractivity contribution in [1.82, 2.24) is 0 Å². The van der Waals surface area contributed by atoms with Crippen LogP contribution in [0.15, 0.2) is 12.1 Å². The lowest BCUT2D eigenvalue weighted by molar-refractivity contribution is 0.112. The Balaban J connectivity index is 2.61. The summed E-state index contributed by atoms with van der Waals surface area (Å²) < 4.78 is 13.3. The van der Waals surface area contributed by atoms with Crippen molar-refractivity contribution in [2.75, 3.05) is 11.9 Å². The van der Waals surface area contributed by atoms with Gasteiger partial charge >= 0.3 is 0 Å². The number of nitrogens with one attached hydrogen (secondary N) is 1. The third-order valence-electron chi connectivity index (χ3n) is 2.08. The van der Waals surface area contributed by atoms with Crippen LogP contribution in [0.25, 0.3) is 0 Å². The zero-order valence-electron chi connectivity index (χ0n) is 6.43. The van der Waals surface area contributed by atoms with Crippen molar-refractivity contribution >= 4 is 12.0 Å². The van der Waals surface area contributed by atoms with Crippen LogP contribution >= 0.6 is 0 Å².